The van der Waals surface area contributed by atoms with E-state index in [0.29, 0.717) is 0 Å². The SMILES string of the molecule is CN(C)c1ccc(CBr)c(CBr)c1. The average Bonchev–Trinajstić information content (AvgIpc) is 2.16. The summed E-state index contributed by atoms with van der Waals surface area (Å²) in [5.74, 6) is 0. The Morgan fingerprint density at radius 3 is 2.15 bits per heavy atom. The van der Waals surface area contributed by atoms with Crippen molar-refractivity contribution in [3.63, 3.8) is 0 Å². The van der Waals surface area contributed by atoms with Gasteiger partial charge in [0, 0.05) is 30.4 Å². The van der Waals surface area contributed by atoms with Gasteiger partial charge in [0.25, 0.3) is 0 Å². The Bertz CT molecular complexity index is 284. The van der Waals surface area contributed by atoms with Crippen molar-refractivity contribution in [1.29, 1.82) is 0 Å². The van der Waals surface area contributed by atoms with Crippen LogP contribution in [0.15, 0.2) is 18.2 Å². The Balaban J connectivity index is 3.05. The van der Waals surface area contributed by atoms with Crippen LogP contribution < -0.4 is 4.90 Å². The van der Waals surface area contributed by atoms with Crippen LogP contribution in [0.25, 0.3) is 0 Å². The smallest absolute Gasteiger partial charge is 0.0364 e. The van der Waals surface area contributed by atoms with E-state index in [9.17, 15) is 0 Å². The Kier molecular flexibility index (Phi) is 4.26. The van der Waals surface area contributed by atoms with Crippen molar-refractivity contribution < 1.29 is 0 Å². The Hall–Kier alpha value is -0.0200. The van der Waals surface area contributed by atoms with Gasteiger partial charge in [0.1, 0.15) is 0 Å². The largest absolute Gasteiger partial charge is 0.378 e. The highest BCUT2D eigenvalue weighted by molar-refractivity contribution is 9.09. The molecule has 1 nitrogen and oxygen atoms in total. The first-order valence-electron chi connectivity index (χ1n) is 4.10. The first-order valence-corrected chi connectivity index (χ1v) is 6.34. The summed E-state index contributed by atoms with van der Waals surface area (Å²) < 4.78 is 0. The van der Waals surface area contributed by atoms with Crippen molar-refractivity contribution >= 4 is 37.5 Å². The van der Waals surface area contributed by atoms with Crippen LogP contribution in [0.4, 0.5) is 5.69 Å². The molecule has 0 aliphatic carbocycles. The van der Waals surface area contributed by atoms with Gasteiger partial charge in [-0.3, -0.25) is 0 Å². The number of halogens is 2. The summed E-state index contributed by atoms with van der Waals surface area (Å²) in [7, 11) is 4.11. The van der Waals surface area contributed by atoms with Crippen molar-refractivity contribution in [2.24, 2.45) is 0 Å². The topological polar surface area (TPSA) is 3.24 Å². The predicted molar refractivity (Wildman–Crippen MR) is 66.0 cm³/mol. The van der Waals surface area contributed by atoms with Crippen molar-refractivity contribution in [1.82, 2.24) is 0 Å². The molecule has 0 saturated heterocycles. The van der Waals surface area contributed by atoms with Gasteiger partial charge in [-0.1, -0.05) is 37.9 Å². The van der Waals surface area contributed by atoms with Crippen molar-refractivity contribution in [2.75, 3.05) is 19.0 Å². The lowest BCUT2D eigenvalue weighted by atomic mass is 10.1. The van der Waals surface area contributed by atoms with E-state index >= 15 is 0 Å². The maximum Gasteiger partial charge on any atom is 0.0364 e. The monoisotopic (exact) mass is 305 g/mol. The van der Waals surface area contributed by atoms with Crippen molar-refractivity contribution in [3.05, 3.63) is 29.3 Å². The van der Waals surface area contributed by atoms with E-state index in [-0.39, 0.29) is 0 Å². The molecule has 1 aromatic rings. The average molecular weight is 307 g/mol. The molecule has 0 N–H and O–H groups in total. The summed E-state index contributed by atoms with van der Waals surface area (Å²) >= 11 is 6.97. The second-order valence-electron chi connectivity index (χ2n) is 3.11. The van der Waals surface area contributed by atoms with Crippen LogP contribution in [0.5, 0.6) is 0 Å². The van der Waals surface area contributed by atoms with Gasteiger partial charge in [0.05, 0.1) is 0 Å². The van der Waals surface area contributed by atoms with Gasteiger partial charge in [-0.2, -0.15) is 0 Å². The molecular weight excluding hydrogens is 294 g/mol. The van der Waals surface area contributed by atoms with Crippen molar-refractivity contribution in [3.8, 4) is 0 Å². The van der Waals surface area contributed by atoms with E-state index in [0.717, 1.165) is 10.7 Å². The molecule has 3 heteroatoms. The molecule has 13 heavy (non-hydrogen) atoms. The Morgan fingerprint density at radius 2 is 1.69 bits per heavy atom. The zero-order chi connectivity index (χ0) is 9.84. The normalized spacial score (nSPS) is 10.2. The van der Waals surface area contributed by atoms with Gasteiger partial charge >= 0.3 is 0 Å². The van der Waals surface area contributed by atoms with Crippen LogP contribution in [-0.2, 0) is 10.7 Å². The van der Waals surface area contributed by atoms with Gasteiger partial charge in [0.2, 0.25) is 0 Å². The summed E-state index contributed by atoms with van der Waals surface area (Å²) in [6.07, 6.45) is 0. The van der Waals surface area contributed by atoms with E-state index in [1.54, 1.807) is 0 Å². The highest BCUT2D eigenvalue weighted by Crippen LogP contribution is 2.21. The molecule has 0 amide bonds. The second kappa shape index (κ2) is 5.01. The summed E-state index contributed by atoms with van der Waals surface area (Å²) in [6, 6.07) is 6.52. The molecule has 0 bridgehead atoms. The third-order valence-electron chi connectivity index (χ3n) is 1.99. The molecule has 0 unspecified atom stereocenters. The minimum absolute atomic E-state index is 0.912. The van der Waals surface area contributed by atoms with Crippen LogP contribution >= 0.6 is 31.9 Å². The number of alkyl halides is 2. The predicted octanol–water partition coefficient (Wildman–Crippen LogP) is 3.54. The lowest BCUT2D eigenvalue weighted by Gasteiger charge is -2.14. The summed E-state index contributed by atoms with van der Waals surface area (Å²) in [5, 5.41) is 1.83. The van der Waals surface area contributed by atoms with E-state index in [2.05, 4.69) is 69.1 Å². The molecule has 1 aromatic carbocycles. The molecule has 0 atom stereocenters. The van der Waals surface area contributed by atoms with E-state index < -0.39 is 0 Å². The fraction of sp³-hybridized carbons (Fsp3) is 0.400. The van der Waals surface area contributed by atoms with Crippen LogP contribution in [0.3, 0.4) is 0 Å². The lowest BCUT2D eigenvalue weighted by molar-refractivity contribution is 1.12. The number of benzene rings is 1. The molecule has 0 aromatic heterocycles. The van der Waals surface area contributed by atoms with Gasteiger partial charge < -0.3 is 4.90 Å². The van der Waals surface area contributed by atoms with Crippen LogP contribution in [0.2, 0.25) is 0 Å². The van der Waals surface area contributed by atoms with Gasteiger partial charge in [-0.05, 0) is 23.3 Å². The van der Waals surface area contributed by atoms with E-state index in [4.69, 9.17) is 0 Å². The Morgan fingerprint density at radius 1 is 1.08 bits per heavy atom. The van der Waals surface area contributed by atoms with Gasteiger partial charge in [-0.15, -0.1) is 0 Å². The lowest BCUT2D eigenvalue weighted by Crippen LogP contribution is -2.09. The maximum absolute atomic E-state index is 3.49. The molecule has 0 heterocycles. The van der Waals surface area contributed by atoms with Crippen LogP contribution in [-0.4, -0.2) is 14.1 Å². The fourth-order valence-electron chi connectivity index (χ4n) is 1.15. The maximum atomic E-state index is 3.49. The molecule has 72 valence electrons. The molecule has 0 aliphatic heterocycles. The number of hydrogen-bond acceptors (Lipinski definition) is 1. The zero-order valence-corrected chi connectivity index (χ0v) is 11.0. The standard InChI is InChI=1S/C10H13Br2N/c1-13(2)10-4-3-8(6-11)9(5-10)7-12/h3-5H,6-7H2,1-2H3. The fourth-order valence-corrected chi connectivity index (χ4v) is 2.21. The molecular formula is C10H13Br2N. The highest BCUT2D eigenvalue weighted by Gasteiger charge is 2.02. The third kappa shape index (κ3) is 2.71. The third-order valence-corrected chi connectivity index (χ3v) is 3.20. The number of nitrogens with zero attached hydrogens (tertiary/aromatic N) is 1. The van der Waals surface area contributed by atoms with Crippen LogP contribution in [0.1, 0.15) is 11.1 Å². The summed E-state index contributed by atoms with van der Waals surface area (Å²) in [6.45, 7) is 0. The second-order valence-corrected chi connectivity index (χ2v) is 4.24. The van der Waals surface area contributed by atoms with Crippen LogP contribution in [0, 0.1) is 0 Å². The first-order chi connectivity index (χ1) is 6.19. The molecule has 0 spiro atoms. The number of anilines is 1. The minimum Gasteiger partial charge on any atom is -0.378 e. The zero-order valence-electron chi connectivity index (χ0n) is 7.85. The molecule has 0 saturated carbocycles. The summed E-state index contributed by atoms with van der Waals surface area (Å²) in [4.78, 5) is 2.12. The highest BCUT2D eigenvalue weighted by atomic mass is 79.9. The quantitative estimate of drug-likeness (QED) is 0.772. The Labute approximate surface area is 96.4 Å². The summed E-state index contributed by atoms with van der Waals surface area (Å²) in [5.41, 5.74) is 3.95. The number of hydrogen-bond donors (Lipinski definition) is 0. The minimum atomic E-state index is 0.912. The van der Waals surface area contributed by atoms with Gasteiger partial charge in [-0.25, -0.2) is 0 Å². The van der Waals surface area contributed by atoms with E-state index in [1.807, 2.05) is 0 Å². The number of rotatable bonds is 3. The molecule has 0 radical (unpaired) electrons. The van der Waals surface area contributed by atoms with Crippen molar-refractivity contribution in [2.45, 2.75) is 10.7 Å². The van der Waals surface area contributed by atoms with Gasteiger partial charge in [0.15, 0.2) is 0 Å². The molecule has 1 rings (SSSR count). The van der Waals surface area contributed by atoms with E-state index in [1.165, 1.54) is 16.8 Å². The molecule has 0 aliphatic rings. The first kappa shape index (κ1) is 11.1. The molecule has 0 fully saturated rings.